The molecule has 0 fully saturated rings. The Bertz CT molecular complexity index is 1050. The summed E-state index contributed by atoms with van der Waals surface area (Å²) in [6.07, 6.45) is 0. The first-order valence-corrected chi connectivity index (χ1v) is 8.69. The summed E-state index contributed by atoms with van der Waals surface area (Å²) in [5.41, 5.74) is 0.611. The van der Waals surface area contributed by atoms with Gasteiger partial charge in [0.2, 0.25) is 0 Å². The Balaban J connectivity index is 1.95. The Hall–Kier alpha value is -2.78. The van der Waals surface area contributed by atoms with Crippen molar-refractivity contribution in [2.45, 2.75) is 13.5 Å². The second-order valence-electron chi connectivity index (χ2n) is 5.51. The third-order valence-electron chi connectivity index (χ3n) is 3.63. The summed E-state index contributed by atoms with van der Waals surface area (Å²) in [6, 6.07) is 8.51. The molecule has 27 heavy (non-hydrogen) atoms. The van der Waals surface area contributed by atoms with Gasteiger partial charge in [-0.2, -0.15) is 8.78 Å². The molecule has 3 rings (SSSR count). The van der Waals surface area contributed by atoms with Gasteiger partial charge >= 0.3 is 6.61 Å². The standard InChI is InChI=1S/C17H11ClF2N2O4S/c1-8-2-5-11(12(6-8)26-17(19)20)21-16(23)15-14(18)10-4-3-9(22(24)25)7-13(10)27-15/h2-7,17H,1H3,(H,21,23). The Morgan fingerprint density at radius 2 is 2.04 bits per heavy atom. The summed E-state index contributed by atoms with van der Waals surface area (Å²) in [6.45, 7) is -1.35. The van der Waals surface area contributed by atoms with E-state index in [1.807, 2.05) is 0 Å². The van der Waals surface area contributed by atoms with Gasteiger partial charge in [0.1, 0.15) is 10.6 Å². The Kier molecular flexibility index (Phi) is 5.24. The van der Waals surface area contributed by atoms with Crippen LogP contribution in [-0.4, -0.2) is 17.4 Å². The second-order valence-corrected chi connectivity index (χ2v) is 6.95. The molecule has 1 N–H and O–H groups in total. The molecule has 0 saturated heterocycles. The molecule has 0 aliphatic carbocycles. The van der Waals surface area contributed by atoms with E-state index in [1.54, 1.807) is 13.0 Å². The average molecular weight is 413 g/mol. The fraction of sp³-hybridized carbons (Fsp3) is 0.118. The van der Waals surface area contributed by atoms with Crippen LogP contribution in [0, 0.1) is 17.0 Å². The topological polar surface area (TPSA) is 81.5 Å². The molecule has 0 saturated carbocycles. The summed E-state index contributed by atoms with van der Waals surface area (Å²) in [7, 11) is 0. The minimum absolute atomic E-state index is 0.0606. The Morgan fingerprint density at radius 1 is 1.30 bits per heavy atom. The van der Waals surface area contributed by atoms with E-state index in [-0.39, 0.29) is 27.0 Å². The number of alkyl halides is 2. The van der Waals surface area contributed by atoms with Crippen molar-refractivity contribution in [1.29, 1.82) is 0 Å². The van der Waals surface area contributed by atoms with Gasteiger partial charge in [0.05, 0.1) is 15.6 Å². The highest BCUT2D eigenvalue weighted by molar-refractivity contribution is 7.21. The largest absolute Gasteiger partial charge is 0.433 e. The molecule has 0 atom stereocenters. The highest BCUT2D eigenvalue weighted by Crippen LogP contribution is 2.38. The van der Waals surface area contributed by atoms with Gasteiger partial charge in [-0.3, -0.25) is 14.9 Å². The van der Waals surface area contributed by atoms with Crippen molar-refractivity contribution in [2.24, 2.45) is 0 Å². The lowest BCUT2D eigenvalue weighted by Gasteiger charge is -2.12. The van der Waals surface area contributed by atoms with Crippen LogP contribution in [0.5, 0.6) is 5.75 Å². The van der Waals surface area contributed by atoms with E-state index in [1.165, 1.54) is 30.3 Å². The molecule has 2 aromatic carbocycles. The molecule has 10 heteroatoms. The normalized spacial score (nSPS) is 11.0. The number of nitrogens with zero attached hydrogens (tertiary/aromatic N) is 1. The predicted molar refractivity (Wildman–Crippen MR) is 99.3 cm³/mol. The number of anilines is 1. The highest BCUT2D eigenvalue weighted by atomic mass is 35.5. The maximum atomic E-state index is 12.6. The zero-order valence-electron chi connectivity index (χ0n) is 13.7. The van der Waals surface area contributed by atoms with Crippen molar-refractivity contribution in [1.82, 2.24) is 0 Å². The number of hydrogen-bond acceptors (Lipinski definition) is 5. The number of aryl methyl sites for hydroxylation is 1. The molecular weight excluding hydrogens is 402 g/mol. The summed E-state index contributed by atoms with van der Waals surface area (Å²) in [5.74, 6) is -0.807. The van der Waals surface area contributed by atoms with Gasteiger partial charge in [-0.25, -0.2) is 0 Å². The SMILES string of the molecule is Cc1ccc(NC(=O)c2sc3cc([N+](=O)[O-])ccc3c2Cl)c(OC(F)F)c1. The molecule has 1 heterocycles. The number of carbonyl (C=O) groups is 1. The number of fused-ring (bicyclic) bond motifs is 1. The maximum absolute atomic E-state index is 12.6. The number of ether oxygens (including phenoxy) is 1. The third-order valence-corrected chi connectivity index (χ3v) is 5.29. The number of thiophene rings is 1. The van der Waals surface area contributed by atoms with Crippen molar-refractivity contribution in [3.63, 3.8) is 0 Å². The van der Waals surface area contributed by atoms with E-state index >= 15 is 0 Å². The predicted octanol–water partition coefficient (Wildman–Crippen LogP) is 5.63. The van der Waals surface area contributed by atoms with Gasteiger partial charge in [-0.1, -0.05) is 17.7 Å². The van der Waals surface area contributed by atoms with Crippen LogP contribution in [0.1, 0.15) is 15.2 Å². The van der Waals surface area contributed by atoms with E-state index in [2.05, 4.69) is 10.1 Å². The van der Waals surface area contributed by atoms with Gasteiger partial charge in [-0.15, -0.1) is 11.3 Å². The van der Waals surface area contributed by atoms with Crippen molar-refractivity contribution in [3.05, 3.63) is 62.0 Å². The number of nitro groups is 1. The van der Waals surface area contributed by atoms with Crippen LogP contribution in [0.3, 0.4) is 0 Å². The van der Waals surface area contributed by atoms with Gasteiger partial charge in [0.15, 0.2) is 0 Å². The minimum Gasteiger partial charge on any atom is -0.433 e. The van der Waals surface area contributed by atoms with Crippen molar-refractivity contribution >= 4 is 50.3 Å². The summed E-state index contributed by atoms with van der Waals surface area (Å²) >= 11 is 7.20. The third kappa shape index (κ3) is 3.99. The molecule has 0 aliphatic heterocycles. The van der Waals surface area contributed by atoms with Crippen LogP contribution in [0.2, 0.25) is 5.02 Å². The first kappa shape index (κ1) is 19.0. The summed E-state index contributed by atoms with van der Waals surface area (Å²) < 4.78 is 30.1. The van der Waals surface area contributed by atoms with Crippen molar-refractivity contribution in [3.8, 4) is 5.75 Å². The summed E-state index contributed by atoms with van der Waals surface area (Å²) in [4.78, 5) is 23.0. The Morgan fingerprint density at radius 3 is 2.70 bits per heavy atom. The quantitative estimate of drug-likeness (QED) is 0.435. The van der Waals surface area contributed by atoms with Gasteiger partial charge in [0.25, 0.3) is 11.6 Å². The molecule has 1 aromatic heterocycles. The van der Waals surface area contributed by atoms with E-state index < -0.39 is 17.4 Å². The molecule has 0 bridgehead atoms. The molecule has 0 radical (unpaired) electrons. The van der Waals surface area contributed by atoms with Crippen LogP contribution in [0.4, 0.5) is 20.2 Å². The molecule has 140 valence electrons. The first-order chi connectivity index (χ1) is 12.8. The van der Waals surface area contributed by atoms with E-state index in [0.717, 1.165) is 11.3 Å². The molecule has 0 aliphatic rings. The van der Waals surface area contributed by atoms with Crippen LogP contribution in [0.15, 0.2) is 36.4 Å². The van der Waals surface area contributed by atoms with Crippen LogP contribution >= 0.6 is 22.9 Å². The zero-order valence-corrected chi connectivity index (χ0v) is 15.2. The lowest BCUT2D eigenvalue weighted by Crippen LogP contribution is -2.13. The highest BCUT2D eigenvalue weighted by Gasteiger charge is 2.21. The number of rotatable bonds is 5. The van der Waals surface area contributed by atoms with Crippen LogP contribution in [-0.2, 0) is 0 Å². The van der Waals surface area contributed by atoms with Crippen LogP contribution < -0.4 is 10.1 Å². The molecular formula is C17H11ClF2N2O4S. The number of carbonyl (C=O) groups excluding carboxylic acids is 1. The second kappa shape index (κ2) is 7.45. The number of amides is 1. The number of benzene rings is 2. The number of hydrogen-bond donors (Lipinski definition) is 1. The molecule has 0 spiro atoms. The zero-order chi connectivity index (χ0) is 19.7. The van der Waals surface area contributed by atoms with E-state index in [0.29, 0.717) is 15.6 Å². The van der Waals surface area contributed by atoms with E-state index in [4.69, 9.17) is 11.6 Å². The lowest BCUT2D eigenvalue weighted by atomic mass is 10.2. The number of non-ortho nitro benzene ring substituents is 1. The molecule has 3 aromatic rings. The molecule has 0 unspecified atom stereocenters. The monoisotopic (exact) mass is 412 g/mol. The lowest BCUT2D eigenvalue weighted by molar-refractivity contribution is -0.384. The van der Waals surface area contributed by atoms with E-state index in [9.17, 15) is 23.7 Å². The Labute approximate surface area is 160 Å². The number of nitro benzene ring substituents is 1. The van der Waals surface area contributed by atoms with Crippen molar-refractivity contribution in [2.75, 3.05) is 5.32 Å². The summed E-state index contributed by atoms with van der Waals surface area (Å²) in [5, 5.41) is 14.0. The number of nitrogens with one attached hydrogen (secondary N) is 1. The van der Waals surface area contributed by atoms with Gasteiger partial charge in [-0.05, 0) is 30.7 Å². The smallest absolute Gasteiger partial charge is 0.387 e. The van der Waals surface area contributed by atoms with Gasteiger partial charge in [0, 0.05) is 22.2 Å². The fourth-order valence-corrected chi connectivity index (χ4v) is 3.86. The number of halogens is 3. The fourth-order valence-electron chi connectivity index (χ4n) is 2.42. The maximum Gasteiger partial charge on any atom is 0.387 e. The minimum atomic E-state index is -3.05. The van der Waals surface area contributed by atoms with Gasteiger partial charge < -0.3 is 10.1 Å². The molecule has 1 amide bonds. The molecule has 6 nitrogen and oxygen atoms in total. The first-order valence-electron chi connectivity index (χ1n) is 7.49. The van der Waals surface area contributed by atoms with Crippen molar-refractivity contribution < 1.29 is 23.2 Å². The van der Waals surface area contributed by atoms with Crippen LogP contribution in [0.25, 0.3) is 10.1 Å². The average Bonchev–Trinajstić information content (AvgIpc) is 2.93.